The van der Waals surface area contributed by atoms with Gasteiger partial charge in [0.05, 0.1) is 101 Å². The van der Waals surface area contributed by atoms with Gasteiger partial charge in [0.1, 0.15) is 0 Å². The number of ketones is 1. The summed E-state index contributed by atoms with van der Waals surface area (Å²) in [6, 6.07) is 6.98. The van der Waals surface area contributed by atoms with Crippen LogP contribution >= 0.6 is 0 Å². The lowest BCUT2D eigenvalue weighted by Crippen LogP contribution is -2.55. The van der Waals surface area contributed by atoms with Crippen molar-refractivity contribution >= 4 is 35.3 Å². The smallest absolute Gasteiger partial charge is 0.226 e. The number of likely N-dealkylation sites (tertiary alicyclic amines) is 1. The van der Waals surface area contributed by atoms with Crippen molar-refractivity contribution in [3.63, 3.8) is 0 Å². The lowest BCUT2D eigenvalue weighted by Gasteiger charge is -2.41. The molecule has 1 saturated heterocycles. The summed E-state index contributed by atoms with van der Waals surface area (Å²) in [6.07, 6.45) is 3.33. The van der Waals surface area contributed by atoms with Crippen LogP contribution in [0.15, 0.2) is 30.3 Å². The van der Waals surface area contributed by atoms with Gasteiger partial charge < -0.3 is 58.9 Å². The zero-order chi connectivity index (χ0) is 56.0. The van der Waals surface area contributed by atoms with Crippen LogP contribution in [-0.2, 0) is 57.2 Å². The fraction of sp³-hybridized carbons (Fsp3) is 0.789. The van der Waals surface area contributed by atoms with Gasteiger partial charge in [-0.3, -0.25) is 28.8 Å². The molecule has 0 aromatic heterocycles. The van der Waals surface area contributed by atoms with Crippen LogP contribution in [0.3, 0.4) is 0 Å². The maximum Gasteiger partial charge on any atom is 0.226 e. The summed E-state index contributed by atoms with van der Waals surface area (Å²) in [5.41, 5.74) is 0.694. The summed E-state index contributed by atoms with van der Waals surface area (Å²) in [6.45, 7) is 19.5. The quantitative estimate of drug-likeness (QED) is 0.0644. The third-order valence-electron chi connectivity index (χ3n) is 14.8. The Morgan fingerprint density at radius 1 is 0.747 bits per heavy atom. The van der Waals surface area contributed by atoms with Crippen molar-refractivity contribution in [1.82, 2.24) is 25.3 Å². The van der Waals surface area contributed by atoms with E-state index in [9.17, 15) is 33.9 Å². The lowest BCUT2D eigenvalue weighted by molar-refractivity contribution is -0.150. The molecule has 1 aliphatic rings. The summed E-state index contributed by atoms with van der Waals surface area (Å²) in [7, 11) is 8.11. The number of hydrogen-bond acceptors (Lipinski definition) is 13. The molecule has 1 aromatic rings. The van der Waals surface area contributed by atoms with Gasteiger partial charge in [-0.15, -0.1) is 0 Å². The molecule has 1 aliphatic heterocycles. The molecular weight excluding hydrogens is 963 g/mol. The zero-order valence-corrected chi connectivity index (χ0v) is 48.1. The Morgan fingerprint density at radius 3 is 1.91 bits per heavy atom. The highest BCUT2D eigenvalue weighted by molar-refractivity contribution is 5.93. The van der Waals surface area contributed by atoms with Gasteiger partial charge in [-0.25, -0.2) is 0 Å². The van der Waals surface area contributed by atoms with Gasteiger partial charge >= 0.3 is 0 Å². The molecular formula is C57H99N5O13. The van der Waals surface area contributed by atoms with Crippen LogP contribution in [0.1, 0.15) is 138 Å². The van der Waals surface area contributed by atoms with Crippen LogP contribution in [0.25, 0.3) is 0 Å². The predicted molar refractivity (Wildman–Crippen MR) is 290 cm³/mol. The van der Waals surface area contributed by atoms with E-state index >= 15 is 0 Å². The molecule has 5 amide bonds. The summed E-state index contributed by atoms with van der Waals surface area (Å²) in [5, 5.41) is 16.7. The molecule has 0 unspecified atom stereocenters. The second kappa shape index (κ2) is 36.9. The number of carbonyl (C=O) groups excluding carboxylic acids is 6. The number of ether oxygens (including phenoxy) is 6. The van der Waals surface area contributed by atoms with Crippen molar-refractivity contribution in [2.75, 3.05) is 94.8 Å². The molecule has 1 aromatic carbocycles. The molecule has 3 N–H and O–H groups in total. The average molecular weight is 1060 g/mol. The fourth-order valence-corrected chi connectivity index (χ4v) is 10.2. The van der Waals surface area contributed by atoms with Crippen molar-refractivity contribution in [3.05, 3.63) is 35.9 Å². The average Bonchev–Trinajstić information content (AvgIpc) is 3.88. The molecule has 0 bridgehead atoms. The summed E-state index contributed by atoms with van der Waals surface area (Å²) >= 11 is 0. The third-order valence-corrected chi connectivity index (χ3v) is 14.8. The van der Waals surface area contributed by atoms with Crippen molar-refractivity contribution in [1.29, 1.82) is 0 Å². The summed E-state index contributed by atoms with van der Waals surface area (Å²) < 4.78 is 33.3. The molecule has 430 valence electrons. The number of aliphatic hydroxyl groups is 1. The molecule has 2 rings (SSSR count). The molecule has 0 radical (unpaired) electrons. The topological polar surface area (TPSA) is 212 Å². The molecule has 0 aliphatic carbocycles. The zero-order valence-electron chi connectivity index (χ0n) is 48.1. The maximum atomic E-state index is 14.7. The molecule has 18 nitrogen and oxygen atoms in total. The number of amides is 5. The Bertz CT molecular complexity index is 1810. The number of likely N-dealkylation sites (N-methyl/N-ethyl adjacent to an activating group) is 2. The number of hydrogen-bond donors (Lipinski definition) is 3. The minimum atomic E-state index is -0.903. The van der Waals surface area contributed by atoms with E-state index in [1.54, 1.807) is 59.1 Å². The number of nitrogens with one attached hydrogen (secondary N) is 2. The number of carbonyl (C=O) groups is 6. The summed E-state index contributed by atoms with van der Waals surface area (Å²) in [5.74, 6) is -2.85. The van der Waals surface area contributed by atoms with E-state index in [0.29, 0.717) is 97.0 Å². The maximum absolute atomic E-state index is 14.7. The first-order chi connectivity index (χ1) is 35.8. The molecule has 0 spiro atoms. The number of aliphatic hydroxyl groups excluding tert-OH is 1. The number of benzene rings is 1. The third kappa shape index (κ3) is 22.8. The monoisotopic (exact) mass is 1060 g/mol. The van der Waals surface area contributed by atoms with Crippen LogP contribution in [0.4, 0.5) is 0 Å². The minimum absolute atomic E-state index is 0.0126. The summed E-state index contributed by atoms with van der Waals surface area (Å²) in [4.78, 5) is 87.9. The van der Waals surface area contributed by atoms with Gasteiger partial charge in [-0.05, 0) is 55.9 Å². The van der Waals surface area contributed by atoms with Gasteiger partial charge in [0.15, 0.2) is 5.78 Å². The highest BCUT2D eigenvalue weighted by Gasteiger charge is 2.44. The number of rotatable bonds is 40. The van der Waals surface area contributed by atoms with E-state index in [1.807, 2.05) is 71.9 Å². The van der Waals surface area contributed by atoms with Crippen LogP contribution in [0, 0.1) is 29.6 Å². The molecule has 18 heteroatoms. The normalized spacial score (nSPS) is 17.4. The van der Waals surface area contributed by atoms with Gasteiger partial charge in [0, 0.05) is 73.7 Å². The number of nitrogens with zero attached hydrogens (tertiary/aromatic N) is 3. The first kappa shape index (κ1) is 67.1. The van der Waals surface area contributed by atoms with E-state index in [2.05, 4.69) is 10.6 Å². The van der Waals surface area contributed by atoms with Crippen molar-refractivity contribution < 1.29 is 62.3 Å². The van der Waals surface area contributed by atoms with Crippen molar-refractivity contribution in [2.45, 2.75) is 168 Å². The Hall–Kier alpha value is -4.04. The largest absolute Gasteiger partial charge is 0.386 e. The molecule has 10 atom stereocenters. The lowest BCUT2D eigenvalue weighted by atomic mass is 9.83. The minimum Gasteiger partial charge on any atom is -0.386 e. The molecule has 75 heavy (non-hydrogen) atoms. The van der Waals surface area contributed by atoms with Crippen molar-refractivity contribution in [2.24, 2.45) is 29.6 Å². The van der Waals surface area contributed by atoms with E-state index < -0.39 is 48.3 Å². The highest BCUT2D eigenvalue weighted by atomic mass is 16.6. The molecule has 1 heterocycles. The van der Waals surface area contributed by atoms with Gasteiger partial charge in [0.25, 0.3) is 0 Å². The number of methoxy groups -OCH3 is 3. The predicted octanol–water partition coefficient (Wildman–Crippen LogP) is 6.01. The standard InChI is InChI=1S/C57H99N5O13/c1-14-41(6)53(48(71-12)38-51(66)62-29-22-25-46(62)55(72-13)42(7)56(68)59-43(8)54(67)44-23-18-17-19-24-44)61(10)57(69)45(39(2)3)37-47(63)52(40(4)5)60(9)50(65)27-21-16-15-20-26-49(64)58-28-30-73-33-34-75-36-35-74-32-31-70-11/h17-19,23-24,39-43,45-46,48,52-55,67H,14-16,20-22,25-38H2,1-13H3,(H,58,64)(H,59,68)/t41-,42+,43+,45-,46-,48+,52-,53-,54+,55+/m0/s1. The van der Waals surface area contributed by atoms with Gasteiger partial charge in [-0.1, -0.05) is 98.1 Å². The highest BCUT2D eigenvalue weighted by Crippen LogP contribution is 2.31. The Labute approximate surface area is 450 Å². The van der Waals surface area contributed by atoms with Crippen LogP contribution in [-0.4, -0.2) is 186 Å². The fourth-order valence-electron chi connectivity index (χ4n) is 10.2. The van der Waals surface area contributed by atoms with E-state index in [-0.39, 0.29) is 78.4 Å². The van der Waals surface area contributed by atoms with Crippen LogP contribution in [0.5, 0.6) is 0 Å². The van der Waals surface area contributed by atoms with E-state index in [1.165, 1.54) is 4.90 Å². The first-order valence-electron chi connectivity index (χ1n) is 27.7. The first-order valence-corrected chi connectivity index (χ1v) is 27.7. The van der Waals surface area contributed by atoms with E-state index in [0.717, 1.165) is 19.3 Å². The van der Waals surface area contributed by atoms with Gasteiger partial charge in [-0.2, -0.15) is 0 Å². The van der Waals surface area contributed by atoms with Crippen molar-refractivity contribution in [3.8, 4) is 0 Å². The number of unbranched alkanes of at least 4 members (excludes halogenated alkanes) is 3. The van der Waals surface area contributed by atoms with Crippen LogP contribution < -0.4 is 10.6 Å². The van der Waals surface area contributed by atoms with Gasteiger partial charge in [0.2, 0.25) is 29.5 Å². The Kier molecular flexibility index (Phi) is 33.0. The molecule has 0 saturated carbocycles. The Balaban J connectivity index is 1.98. The number of Topliss-reactive ketones (excluding diaryl/α,β-unsaturated/α-hetero) is 1. The Morgan fingerprint density at radius 2 is 1.35 bits per heavy atom. The van der Waals surface area contributed by atoms with E-state index in [4.69, 9.17) is 28.4 Å². The second-order valence-electron chi connectivity index (χ2n) is 21.1. The second-order valence-corrected chi connectivity index (χ2v) is 21.1. The van der Waals surface area contributed by atoms with Crippen LogP contribution in [0.2, 0.25) is 0 Å². The molecule has 1 fully saturated rings. The SMILES string of the molecule is CC[C@H](C)[C@@H]([C@@H](CC(=O)N1CCC[C@H]1[C@H](OC)[C@@H](C)C(=O)N[C@H](C)[C@@H](O)c1ccccc1)OC)N(C)C(=O)[C@@H](CC(=O)[C@H](C(C)C)N(C)C(=O)CCCCCCC(=O)NCCOCCOCCOCCOC)C(C)C.